The molecule has 6 heteroatoms. The third-order valence-corrected chi connectivity index (χ3v) is 4.08. The van der Waals surface area contributed by atoms with E-state index in [4.69, 9.17) is 5.73 Å². The highest BCUT2D eigenvalue weighted by Gasteiger charge is 2.23. The maximum atomic E-state index is 12.0. The molecule has 2 heterocycles. The van der Waals surface area contributed by atoms with Crippen LogP contribution in [0.15, 0.2) is 5.38 Å². The number of carbonyl (C=O) groups is 1. The maximum absolute atomic E-state index is 12.0. The summed E-state index contributed by atoms with van der Waals surface area (Å²) in [6, 6.07) is 0. The van der Waals surface area contributed by atoms with Crippen molar-refractivity contribution in [3.8, 4) is 0 Å². The van der Waals surface area contributed by atoms with Gasteiger partial charge in [0, 0.05) is 29.5 Å². The molecule has 15 heavy (non-hydrogen) atoms. The molecule has 82 valence electrons. The molecule has 0 radical (unpaired) electrons. The number of amides is 1. The first-order chi connectivity index (χ1) is 7.16. The molecular weight excluding hydrogens is 230 g/mol. The van der Waals surface area contributed by atoms with Crippen molar-refractivity contribution in [2.75, 3.05) is 24.6 Å². The Labute approximate surface area is 96.9 Å². The molecule has 1 atom stereocenters. The van der Waals surface area contributed by atoms with Crippen LogP contribution in [0.4, 0.5) is 5.13 Å². The van der Waals surface area contributed by atoms with E-state index in [1.165, 1.54) is 11.3 Å². The van der Waals surface area contributed by atoms with Gasteiger partial charge in [0.1, 0.15) is 5.69 Å². The molecule has 1 unspecified atom stereocenters. The Kier molecular flexibility index (Phi) is 3.16. The highest BCUT2D eigenvalue weighted by Crippen LogP contribution is 2.20. The lowest BCUT2D eigenvalue weighted by atomic mass is 10.3. The lowest BCUT2D eigenvalue weighted by Gasteiger charge is -2.29. The van der Waals surface area contributed by atoms with Crippen molar-refractivity contribution in [1.29, 1.82) is 0 Å². The van der Waals surface area contributed by atoms with Crippen LogP contribution in [0.25, 0.3) is 0 Å². The first kappa shape index (κ1) is 10.8. The van der Waals surface area contributed by atoms with Gasteiger partial charge in [-0.2, -0.15) is 11.8 Å². The summed E-state index contributed by atoms with van der Waals surface area (Å²) in [5, 5.41) is 2.70. The van der Waals surface area contributed by atoms with Gasteiger partial charge in [-0.3, -0.25) is 4.79 Å². The molecule has 0 saturated carbocycles. The minimum Gasteiger partial charge on any atom is -0.375 e. The van der Waals surface area contributed by atoms with Crippen molar-refractivity contribution in [3.63, 3.8) is 0 Å². The molecule has 4 nitrogen and oxygen atoms in total. The molecule has 2 N–H and O–H groups in total. The average Bonchev–Trinajstić information content (AvgIpc) is 2.64. The zero-order valence-corrected chi connectivity index (χ0v) is 10.1. The second-order valence-electron chi connectivity index (χ2n) is 3.50. The van der Waals surface area contributed by atoms with Gasteiger partial charge in [-0.25, -0.2) is 4.98 Å². The fraction of sp³-hybridized carbons (Fsp3) is 0.556. The average molecular weight is 243 g/mol. The molecule has 0 bridgehead atoms. The third-order valence-electron chi connectivity index (χ3n) is 2.27. The van der Waals surface area contributed by atoms with Crippen LogP contribution in [-0.4, -0.2) is 39.9 Å². The van der Waals surface area contributed by atoms with Crippen molar-refractivity contribution < 1.29 is 4.79 Å². The van der Waals surface area contributed by atoms with Crippen molar-refractivity contribution in [3.05, 3.63) is 11.1 Å². The van der Waals surface area contributed by atoms with E-state index in [2.05, 4.69) is 11.9 Å². The number of thiazole rings is 1. The van der Waals surface area contributed by atoms with E-state index in [0.717, 1.165) is 18.8 Å². The number of aromatic nitrogens is 1. The van der Waals surface area contributed by atoms with Crippen LogP contribution in [-0.2, 0) is 0 Å². The number of rotatable bonds is 1. The zero-order valence-electron chi connectivity index (χ0n) is 8.47. The van der Waals surface area contributed by atoms with Crippen molar-refractivity contribution in [1.82, 2.24) is 9.88 Å². The van der Waals surface area contributed by atoms with E-state index >= 15 is 0 Å². The second-order valence-corrected chi connectivity index (χ2v) is 5.94. The summed E-state index contributed by atoms with van der Waals surface area (Å²) in [6.07, 6.45) is 0. The summed E-state index contributed by atoms with van der Waals surface area (Å²) in [5.41, 5.74) is 5.99. The van der Waals surface area contributed by atoms with Gasteiger partial charge < -0.3 is 10.6 Å². The summed E-state index contributed by atoms with van der Waals surface area (Å²) in [7, 11) is 0. The van der Waals surface area contributed by atoms with Gasteiger partial charge >= 0.3 is 0 Å². The van der Waals surface area contributed by atoms with Gasteiger partial charge in [-0.1, -0.05) is 6.92 Å². The standard InChI is InChI=1S/C9H13N3OS2/c1-6-4-12(2-3-14-6)8(13)7-5-15-9(10)11-7/h5-6H,2-4H2,1H3,(H2,10,11). The van der Waals surface area contributed by atoms with Crippen LogP contribution in [0.2, 0.25) is 0 Å². The predicted octanol–water partition coefficient (Wildman–Crippen LogP) is 1.30. The van der Waals surface area contributed by atoms with E-state index in [0.29, 0.717) is 16.1 Å². The topological polar surface area (TPSA) is 59.2 Å². The number of hydrogen-bond acceptors (Lipinski definition) is 5. The van der Waals surface area contributed by atoms with Crippen LogP contribution in [0, 0.1) is 0 Å². The number of hydrogen-bond donors (Lipinski definition) is 1. The van der Waals surface area contributed by atoms with Crippen LogP contribution >= 0.6 is 23.1 Å². The molecular formula is C9H13N3OS2. The Morgan fingerprint density at radius 1 is 1.73 bits per heavy atom. The predicted molar refractivity (Wildman–Crippen MR) is 64.3 cm³/mol. The van der Waals surface area contributed by atoms with Crippen molar-refractivity contribution in [2.45, 2.75) is 12.2 Å². The number of carbonyl (C=O) groups excluding carboxylic acids is 1. The Morgan fingerprint density at radius 2 is 2.53 bits per heavy atom. The molecule has 2 rings (SSSR count). The van der Waals surface area contributed by atoms with Gasteiger partial charge in [0.25, 0.3) is 5.91 Å². The third kappa shape index (κ3) is 2.43. The molecule has 1 aliphatic heterocycles. The molecule has 0 aromatic carbocycles. The second kappa shape index (κ2) is 4.40. The first-order valence-electron chi connectivity index (χ1n) is 4.78. The Hall–Kier alpha value is -0.750. The summed E-state index contributed by atoms with van der Waals surface area (Å²) < 4.78 is 0. The number of nitrogens with zero attached hydrogens (tertiary/aromatic N) is 2. The minimum atomic E-state index is 0.00935. The summed E-state index contributed by atoms with van der Waals surface area (Å²) in [6.45, 7) is 3.76. The van der Waals surface area contributed by atoms with Gasteiger partial charge in [-0.05, 0) is 0 Å². The SMILES string of the molecule is CC1CN(C(=O)c2csc(N)n2)CCS1. The van der Waals surface area contributed by atoms with Crippen molar-refractivity contribution in [2.24, 2.45) is 0 Å². The fourth-order valence-electron chi connectivity index (χ4n) is 1.55. The molecule has 1 fully saturated rings. The Bertz CT molecular complexity index is 366. The lowest BCUT2D eigenvalue weighted by Crippen LogP contribution is -2.41. The molecule has 1 amide bonds. The van der Waals surface area contributed by atoms with Crippen LogP contribution < -0.4 is 5.73 Å². The monoisotopic (exact) mass is 243 g/mol. The highest BCUT2D eigenvalue weighted by molar-refractivity contribution is 7.99. The lowest BCUT2D eigenvalue weighted by molar-refractivity contribution is 0.0758. The summed E-state index contributed by atoms with van der Waals surface area (Å²) in [4.78, 5) is 17.8. The van der Waals surface area contributed by atoms with Gasteiger partial charge in [0.2, 0.25) is 0 Å². The quantitative estimate of drug-likeness (QED) is 0.808. The van der Waals surface area contributed by atoms with E-state index < -0.39 is 0 Å². The highest BCUT2D eigenvalue weighted by atomic mass is 32.2. The molecule has 0 aliphatic carbocycles. The molecule has 1 aromatic rings. The van der Waals surface area contributed by atoms with Gasteiger partial charge in [-0.15, -0.1) is 11.3 Å². The van der Waals surface area contributed by atoms with E-state index in [-0.39, 0.29) is 5.91 Å². The van der Waals surface area contributed by atoms with Crippen LogP contribution in [0.5, 0.6) is 0 Å². The van der Waals surface area contributed by atoms with E-state index in [1.807, 2.05) is 16.7 Å². The molecule has 1 saturated heterocycles. The molecule has 1 aromatic heterocycles. The van der Waals surface area contributed by atoms with Crippen molar-refractivity contribution >= 4 is 34.1 Å². The number of nitrogen functional groups attached to an aromatic ring is 1. The summed E-state index contributed by atoms with van der Waals surface area (Å²) in [5.74, 6) is 1.02. The minimum absolute atomic E-state index is 0.00935. The number of nitrogens with two attached hydrogens (primary N) is 1. The van der Waals surface area contributed by atoms with Crippen LogP contribution in [0.1, 0.15) is 17.4 Å². The van der Waals surface area contributed by atoms with Gasteiger partial charge in [0.05, 0.1) is 0 Å². The summed E-state index contributed by atoms with van der Waals surface area (Å²) >= 11 is 3.21. The first-order valence-corrected chi connectivity index (χ1v) is 6.71. The number of thioether (sulfide) groups is 1. The molecule has 1 aliphatic rings. The normalized spacial score (nSPS) is 21.7. The molecule has 0 spiro atoms. The van der Waals surface area contributed by atoms with E-state index in [9.17, 15) is 4.79 Å². The fourth-order valence-corrected chi connectivity index (χ4v) is 3.10. The smallest absolute Gasteiger partial charge is 0.273 e. The van der Waals surface area contributed by atoms with Crippen LogP contribution in [0.3, 0.4) is 0 Å². The number of anilines is 1. The zero-order chi connectivity index (χ0) is 10.8. The van der Waals surface area contributed by atoms with Gasteiger partial charge in [0.15, 0.2) is 5.13 Å². The largest absolute Gasteiger partial charge is 0.375 e. The van der Waals surface area contributed by atoms with E-state index in [1.54, 1.807) is 5.38 Å². The Balaban J connectivity index is 2.07. The Morgan fingerprint density at radius 3 is 3.13 bits per heavy atom. The maximum Gasteiger partial charge on any atom is 0.273 e.